The smallest absolute Gasteiger partial charge is 0.0654 e. The van der Waals surface area contributed by atoms with Crippen molar-refractivity contribution in [2.45, 2.75) is 39.7 Å². The minimum Gasteiger partial charge on any atom is -0.302 e. The number of nitrogens with one attached hydrogen (secondary N) is 1. The van der Waals surface area contributed by atoms with Crippen molar-refractivity contribution in [3.63, 3.8) is 0 Å². The van der Waals surface area contributed by atoms with Gasteiger partial charge in [-0.05, 0) is 31.6 Å². The molecule has 11 heavy (non-hydrogen) atoms. The van der Waals surface area contributed by atoms with Gasteiger partial charge in [0.1, 0.15) is 0 Å². The standard InChI is InChI=1S/C9H19NO/c1-4-11-10-9-5-8(6-9)7(2)3/h7-10H,4-6H2,1-3H3. The summed E-state index contributed by atoms with van der Waals surface area (Å²) in [6.07, 6.45) is 2.58. The maximum absolute atomic E-state index is 5.12. The monoisotopic (exact) mass is 157 g/mol. The van der Waals surface area contributed by atoms with Gasteiger partial charge in [-0.3, -0.25) is 0 Å². The molecule has 0 aromatic heterocycles. The molecule has 1 aliphatic carbocycles. The Hall–Kier alpha value is -0.0800. The number of hydrogen-bond donors (Lipinski definition) is 1. The van der Waals surface area contributed by atoms with Crippen LogP contribution in [0.4, 0.5) is 0 Å². The van der Waals surface area contributed by atoms with E-state index in [0.717, 1.165) is 18.4 Å². The molecule has 2 nitrogen and oxygen atoms in total. The van der Waals surface area contributed by atoms with Gasteiger partial charge in [0.25, 0.3) is 0 Å². The summed E-state index contributed by atoms with van der Waals surface area (Å²) < 4.78 is 0. The third-order valence-corrected chi connectivity index (χ3v) is 2.51. The highest BCUT2D eigenvalue weighted by atomic mass is 16.6. The molecule has 0 aromatic carbocycles. The van der Waals surface area contributed by atoms with E-state index in [-0.39, 0.29) is 0 Å². The van der Waals surface area contributed by atoms with Crippen molar-refractivity contribution >= 4 is 0 Å². The van der Waals surface area contributed by atoms with Crippen molar-refractivity contribution in [3.05, 3.63) is 0 Å². The van der Waals surface area contributed by atoms with Crippen LogP contribution in [0.15, 0.2) is 0 Å². The summed E-state index contributed by atoms with van der Waals surface area (Å²) in [7, 11) is 0. The second-order valence-electron chi connectivity index (χ2n) is 3.72. The summed E-state index contributed by atoms with van der Waals surface area (Å²) >= 11 is 0. The average molecular weight is 157 g/mol. The van der Waals surface area contributed by atoms with Crippen molar-refractivity contribution in [1.29, 1.82) is 0 Å². The molecule has 1 N–H and O–H groups in total. The fraction of sp³-hybridized carbons (Fsp3) is 1.00. The lowest BCUT2D eigenvalue weighted by Gasteiger charge is -2.37. The van der Waals surface area contributed by atoms with Crippen molar-refractivity contribution in [2.24, 2.45) is 11.8 Å². The molecule has 1 saturated carbocycles. The van der Waals surface area contributed by atoms with Crippen molar-refractivity contribution in [2.75, 3.05) is 6.61 Å². The Morgan fingerprint density at radius 2 is 2.09 bits per heavy atom. The first kappa shape index (κ1) is 9.01. The van der Waals surface area contributed by atoms with Crippen LogP contribution in [-0.4, -0.2) is 12.6 Å². The summed E-state index contributed by atoms with van der Waals surface area (Å²) in [5.74, 6) is 1.77. The first-order valence-corrected chi connectivity index (χ1v) is 4.61. The molecular formula is C9H19NO. The molecule has 0 aromatic rings. The Balaban J connectivity index is 2.00. The largest absolute Gasteiger partial charge is 0.302 e. The van der Waals surface area contributed by atoms with Crippen molar-refractivity contribution < 1.29 is 4.84 Å². The molecule has 0 spiro atoms. The minimum atomic E-state index is 0.627. The third-order valence-electron chi connectivity index (χ3n) is 2.51. The topological polar surface area (TPSA) is 21.3 Å². The zero-order valence-corrected chi connectivity index (χ0v) is 7.76. The van der Waals surface area contributed by atoms with E-state index in [1.807, 2.05) is 6.92 Å². The maximum atomic E-state index is 5.12. The lowest BCUT2D eigenvalue weighted by molar-refractivity contribution is -0.0194. The van der Waals surface area contributed by atoms with E-state index in [0.29, 0.717) is 6.04 Å². The van der Waals surface area contributed by atoms with E-state index in [9.17, 15) is 0 Å². The zero-order chi connectivity index (χ0) is 8.27. The minimum absolute atomic E-state index is 0.627. The van der Waals surface area contributed by atoms with Crippen molar-refractivity contribution in [1.82, 2.24) is 5.48 Å². The molecule has 0 aliphatic heterocycles. The average Bonchev–Trinajstić information content (AvgIpc) is 1.84. The Morgan fingerprint density at radius 1 is 1.45 bits per heavy atom. The molecular weight excluding hydrogens is 138 g/mol. The van der Waals surface area contributed by atoms with Crippen LogP contribution in [-0.2, 0) is 4.84 Å². The molecule has 2 heteroatoms. The summed E-state index contributed by atoms with van der Waals surface area (Å²) in [5.41, 5.74) is 3.05. The Kier molecular flexibility index (Phi) is 3.34. The highest BCUT2D eigenvalue weighted by molar-refractivity contribution is 4.84. The van der Waals surface area contributed by atoms with Crippen LogP contribution in [0, 0.1) is 11.8 Å². The first-order chi connectivity index (χ1) is 5.24. The fourth-order valence-corrected chi connectivity index (χ4v) is 1.50. The number of hydrogen-bond acceptors (Lipinski definition) is 2. The van der Waals surface area contributed by atoms with Gasteiger partial charge in [-0.25, -0.2) is 0 Å². The van der Waals surface area contributed by atoms with E-state index < -0.39 is 0 Å². The molecule has 0 bridgehead atoms. The Labute approximate surface area is 69.3 Å². The summed E-state index contributed by atoms with van der Waals surface area (Å²) in [6.45, 7) is 7.36. The van der Waals surface area contributed by atoms with Gasteiger partial charge in [-0.1, -0.05) is 13.8 Å². The van der Waals surface area contributed by atoms with E-state index in [4.69, 9.17) is 4.84 Å². The van der Waals surface area contributed by atoms with Crippen LogP contribution >= 0.6 is 0 Å². The van der Waals surface area contributed by atoms with Gasteiger partial charge in [0, 0.05) is 6.04 Å². The van der Waals surface area contributed by atoms with Gasteiger partial charge >= 0.3 is 0 Å². The van der Waals surface area contributed by atoms with Gasteiger partial charge in [-0.15, -0.1) is 0 Å². The van der Waals surface area contributed by atoms with Gasteiger partial charge < -0.3 is 4.84 Å². The molecule has 0 unspecified atom stereocenters. The SMILES string of the molecule is CCONC1CC(C(C)C)C1. The highest BCUT2D eigenvalue weighted by Crippen LogP contribution is 2.33. The fourth-order valence-electron chi connectivity index (χ4n) is 1.50. The first-order valence-electron chi connectivity index (χ1n) is 4.61. The van der Waals surface area contributed by atoms with Crippen LogP contribution in [0.2, 0.25) is 0 Å². The normalized spacial score (nSPS) is 30.5. The predicted octanol–water partition coefficient (Wildman–Crippen LogP) is 1.96. The van der Waals surface area contributed by atoms with Gasteiger partial charge in [0.05, 0.1) is 6.61 Å². The molecule has 0 atom stereocenters. The van der Waals surface area contributed by atoms with Gasteiger partial charge in [0.15, 0.2) is 0 Å². The molecule has 1 aliphatic rings. The van der Waals surface area contributed by atoms with Crippen LogP contribution in [0.3, 0.4) is 0 Å². The molecule has 0 amide bonds. The maximum Gasteiger partial charge on any atom is 0.0654 e. The lowest BCUT2D eigenvalue weighted by atomic mass is 9.74. The van der Waals surface area contributed by atoms with Crippen molar-refractivity contribution in [3.8, 4) is 0 Å². The van der Waals surface area contributed by atoms with E-state index >= 15 is 0 Å². The second-order valence-corrected chi connectivity index (χ2v) is 3.72. The number of rotatable bonds is 4. The lowest BCUT2D eigenvalue weighted by Crippen LogP contribution is -2.42. The molecule has 0 radical (unpaired) electrons. The van der Waals surface area contributed by atoms with Crippen LogP contribution in [0.25, 0.3) is 0 Å². The quantitative estimate of drug-likeness (QED) is 0.630. The Bertz CT molecular complexity index is 108. The van der Waals surface area contributed by atoms with Crippen LogP contribution in [0.1, 0.15) is 33.6 Å². The van der Waals surface area contributed by atoms with Crippen LogP contribution < -0.4 is 5.48 Å². The van der Waals surface area contributed by atoms with Crippen LogP contribution in [0.5, 0.6) is 0 Å². The highest BCUT2D eigenvalue weighted by Gasteiger charge is 2.30. The predicted molar refractivity (Wildman–Crippen MR) is 46.1 cm³/mol. The molecule has 66 valence electrons. The number of hydroxylamine groups is 1. The van der Waals surface area contributed by atoms with E-state index in [1.165, 1.54) is 12.8 Å². The summed E-state index contributed by atoms with van der Waals surface area (Å²) in [4.78, 5) is 5.12. The summed E-state index contributed by atoms with van der Waals surface area (Å²) in [6, 6.07) is 0.627. The molecule has 0 heterocycles. The van der Waals surface area contributed by atoms with E-state index in [2.05, 4.69) is 19.3 Å². The van der Waals surface area contributed by atoms with Gasteiger partial charge in [-0.2, -0.15) is 5.48 Å². The third kappa shape index (κ3) is 2.46. The summed E-state index contributed by atoms with van der Waals surface area (Å²) in [5, 5.41) is 0. The van der Waals surface area contributed by atoms with Gasteiger partial charge in [0.2, 0.25) is 0 Å². The van der Waals surface area contributed by atoms with E-state index in [1.54, 1.807) is 0 Å². The second kappa shape index (κ2) is 4.07. The molecule has 1 fully saturated rings. The molecule has 1 rings (SSSR count). The molecule has 0 saturated heterocycles. The zero-order valence-electron chi connectivity index (χ0n) is 7.76. The Morgan fingerprint density at radius 3 is 2.55 bits per heavy atom.